The lowest BCUT2D eigenvalue weighted by molar-refractivity contribution is -0.117. The van der Waals surface area contributed by atoms with Gasteiger partial charge in [-0.3, -0.25) is 4.79 Å². The summed E-state index contributed by atoms with van der Waals surface area (Å²) in [5.74, 6) is 0.823. The van der Waals surface area contributed by atoms with Crippen LogP contribution in [-0.4, -0.2) is 45.8 Å². The van der Waals surface area contributed by atoms with Gasteiger partial charge in [0.15, 0.2) is 0 Å². The van der Waals surface area contributed by atoms with Crippen LogP contribution in [0.3, 0.4) is 0 Å². The highest BCUT2D eigenvalue weighted by Gasteiger charge is 2.24. The predicted molar refractivity (Wildman–Crippen MR) is 144 cm³/mol. The Morgan fingerprint density at radius 3 is 2.33 bits per heavy atom. The van der Waals surface area contributed by atoms with Crippen molar-refractivity contribution in [3.63, 3.8) is 0 Å². The molecule has 0 aliphatic heterocycles. The number of hydrogen-bond donors (Lipinski definition) is 2. The second-order valence-electron chi connectivity index (χ2n) is 10.0. The first-order valence-electron chi connectivity index (χ1n) is 12.3. The van der Waals surface area contributed by atoms with Crippen molar-refractivity contribution < 1.29 is 14.3 Å². The zero-order valence-electron chi connectivity index (χ0n) is 22.3. The summed E-state index contributed by atoms with van der Waals surface area (Å²) >= 11 is 0. The van der Waals surface area contributed by atoms with E-state index >= 15 is 0 Å². The van der Waals surface area contributed by atoms with Gasteiger partial charge in [-0.05, 0) is 52.0 Å². The number of carbonyl (C=O) groups is 2. The van der Waals surface area contributed by atoms with Gasteiger partial charge in [-0.25, -0.2) is 9.48 Å². The number of anilines is 2. The highest BCUT2D eigenvalue weighted by atomic mass is 16.5. The quantitative estimate of drug-likeness (QED) is 0.419. The molecule has 0 unspecified atom stereocenters. The molecule has 2 aromatic carbocycles. The summed E-state index contributed by atoms with van der Waals surface area (Å²) in [6.45, 7) is 14.2. The van der Waals surface area contributed by atoms with Crippen LogP contribution >= 0.6 is 0 Å². The Bertz CT molecular complexity index is 1190. The fourth-order valence-electron chi connectivity index (χ4n) is 3.58. The largest absolute Gasteiger partial charge is 0.492 e. The van der Waals surface area contributed by atoms with E-state index in [0.29, 0.717) is 23.9 Å². The number of nitrogens with zero attached hydrogens (tertiary/aromatic N) is 3. The first-order chi connectivity index (χ1) is 17.0. The molecule has 36 heavy (non-hydrogen) atoms. The van der Waals surface area contributed by atoms with Crippen molar-refractivity contribution in [2.75, 3.05) is 23.8 Å². The first-order valence-corrected chi connectivity index (χ1v) is 12.3. The SMILES string of the molecule is CCOc1ccccc1NC(=O)N(CC(=O)Nc1cc(C(C)(C)C)nn1-c1ccc(C)cc1)C(C)C. The molecular formula is C28H37N5O3. The number of para-hydroxylation sites is 2. The van der Waals surface area contributed by atoms with Gasteiger partial charge in [0, 0.05) is 17.5 Å². The summed E-state index contributed by atoms with van der Waals surface area (Å²) in [4.78, 5) is 27.7. The Hall–Kier alpha value is -3.81. The molecule has 0 fully saturated rings. The Balaban J connectivity index is 1.81. The molecule has 0 radical (unpaired) electrons. The van der Waals surface area contributed by atoms with Crippen molar-refractivity contribution >= 4 is 23.4 Å². The zero-order chi connectivity index (χ0) is 26.5. The van der Waals surface area contributed by atoms with Gasteiger partial charge in [-0.2, -0.15) is 5.10 Å². The molecule has 0 bridgehead atoms. The van der Waals surface area contributed by atoms with Crippen molar-refractivity contribution in [1.82, 2.24) is 14.7 Å². The number of carbonyl (C=O) groups excluding carboxylic acids is 2. The molecule has 0 aliphatic rings. The van der Waals surface area contributed by atoms with E-state index in [1.807, 2.05) is 70.2 Å². The summed E-state index contributed by atoms with van der Waals surface area (Å²) in [6, 6.07) is 16.5. The third kappa shape index (κ3) is 6.65. The predicted octanol–water partition coefficient (Wildman–Crippen LogP) is 5.76. The highest BCUT2D eigenvalue weighted by Crippen LogP contribution is 2.27. The topological polar surface area (TPSA) is 88.5 Å². The van der Waals surface area contributed by atoms with Crippen LogP contribution in [0.4, 0.5) is 16.3 Å². The molecular weight excluding hydrogens is 454 g/mol. The minimum Gasteiger partial charge on any atom is -0.492 e. The molecule has 3 aromatic rings. The van der Waals surface area contributed by atoms with E-state index in [2.05, 4.69) is 31.4 Å². The standard InChI is InChI=1S/C28H37N5O3/c1-8-36-23-12-10-9-11-22(23)29-27(35)32(19(2)3)18-26(34)30-25-17-24(28(5,6)7)31-33(25)21-15-13-20(4)14-16-21/h9-17,19H,8,18H2,1-7H3,(H,29,35)(H,30,34). The van der Waals surface area contributed by atoms with Gasteiger partial charge in [-0.15, -0.1) is 0 Å². The number of rotatable bonds is 8. The summed E-state index contributed by atoms with van der Waals surface area (Å²) in [5.41, 5.74) is 3.19. The Kier molecular flexibility index (Phi) is 8.40. The number of urea groups is 1. The van der Waals surface area contributed by atoms with Crippen LogP contribution < -0.4 is 15.4 Å². The minimum atomic E-state index is -0.380. The maximum absolute atomic E-state index is 13.2. The Morgan fingerprint density at radius 2 is 1.72 bits per heavy atom. The third-order valence-corrected chi connectivity index (χ3v) is 5.65. The molecule has 1 heterocycles. The van der Waals surface area contributed by atoms with Crippen LogP contribution in [0.5, 0.6) is 5.75 Å². The fraction of sp³-hybridized carbons (Fsp3) is 0.393. The van der Waals surface area contributed by atoms with Crippen LogP contribution in [0.15, 0.2) is 54.6 Å². The summed E-state index contributed by atoms with van der Waals surface area (Å²) in [5, 5.41) is 10.6. The normalized spacial score (nSPS) is 11.3. The molecule has 2 N–H and O–H groups in total. The number of aromatic nitrogens is 2. The minimum absolute atomic E-state index is 0.121. The van der Waals surface area contributed by atoms with Gasteiger partial charge in [-0.1, -0.05) is 50.6 Å². The number of aryl methyl sites for hydroxylation is 1. The van der Waals surface area contributed by atoms with E-state index in [0.717, 1.165) is 16.9 Å². The van der Waals surface area contributed by atoms with Crippen molar-refractivity contribution in [3.8, 4) is 11.4 Å². The zero-order valence-corrected chi connectivity index (χ0v) is 22.3. The lowest BCUT2D eigenvalue weighted by Crippen LogP contribution is -2.44. The van der Waals surface area contributed by atoms with Crippen molar-refractivity contribution in [1.29, 1.82) is 0 Å². The molecule has 3 amide bonds. The second kappa shape index (κ2) is 11.3. The van der Waals surface area contributed by atoms with Gasteiger partial charge < -0.3 is 20.3 Å². The van der Waals surface area contributed by atoms with Crippen LogP contribution in [0.1, 0.15) is 52.8 Å². The number of amides is 3. The third-order valence-electron chi connectivity index (χ3n) is 5.65. The highest BCUT2D eigenvalue weighted by molar-refractivity contribution is 5.97. The lowest BCUT2D eigenvalue weighted by Gasteiger charge is -2.26. The number of ether oxygens (including phenoxy) is 1. The van der Waals surface area contributed by atoms with E-state index in [9.17, 15) is 9.59 Å². The van der Waals surface area contributed by atoms with E-state index in [-0.39, 0.29) is 29.9 Å². The van der Waals surface area contributed by atoms with E-state index in [1.54, 1.807) is 16.8 Å². The van der Waals surface area contributed by atoms with Gasteiger partial charge in [0.1, 0.15) is 18.1 Å². The molecule has 0 saturated heterocycles. The van der Waals surface area contributed by atoms with Gasteiger partial charge in [0.05, 0.1) is 23.7 Å². The van der Waals surface area contributed by atoms with E-state index in [4.69, 9.17) is 9.84 Å². The molecule has 8 heteroatoms. The number of benzene rings is 2. The smallest absolute Gasteiger partial charge is 0.322 e. The van der Waals surface area contributed by atoms with Gasteiger partial charge in [0.2, 0.25) is 5.91 Å². The van der Waals surface area contributed by atoms with Crippen molar-refractivity contribution in [2.45, 2.75) is 59.9 Å². The number of nitrogens with one attached hydrogen (secondary N) is 2. The van der Waals surface area contributed by atoms with Crippen LogP contribution in [-0.2, 0) is 10.2 Å². The van der Waals surface area contributed by atoms with E-state index < -0.39 is 0 Å². The van der Waals surface area contributed by atoms with Crippen LogP contribution in [0.2, 0.25) is 0 Å². The monoisotopic (exact) mass is 491 g/mol. The van der Waals surface area contributed by atoms with Gasteiger partial charge >= 0.3 is 6.03 Å². The number of hydrogen-bond acceptors (Lipinski definition) is 4. The van der Waals surface area contributed by atoms with Crippen molar-refractivity contribution in [3.05, 3.63) is 65.9 Å². The summed E-state index contributed by atoms with van der Waals surface area (Å²) in [7, 11) is 0. The molecule has 0 aliphatic carbocycles. The lowest BCUT2D eigenvalue weighted by atomic mass is 9.92. The molecule has 0 spiro atoms. The Labute approximate surface area is 213 Å². The van der Waals surface area contributed by atoms with Crippen LogP contribution in [0.25, 0.3) is 5.69 Å². The van der Waals surface area contributed by atoms with Crippen molar-refractivity contribution in [2.24, 2.45) is 0 Å². The fourth-order valence-corrected chi connectivity index (χ4v) is 3.58. The second-order valence-corrected chi connectivity index (χ2v) is 10.0. The maximum Gasteiger partial charge on any atom is 0.322 e. The molecule has 0 saturated carbocycles. The summed E-state index contributed by atoms with van der Waals surface area (Å²) in [6.07, 6.45) is 0. The molecule has 3 rings (SSSR count). The first kappa shape index (κ1) is 26.8. The summed E-state index contributed by atoms with van der Waals surface area (Å²) < 4.78 is 7.34. The van der Waals surface area contributed by atoms with Crippen LogP contribution in [0, 0.1) is 6.92 Å². The molecule has 0 atom stereocenters. The molecule has 8 nitrogen and oxygen atoms in total. The average molecular weight is 492 g/mol. The molecule has 192 valence electrons. The Morgan fingerprint density at radius 1 is 1.06 bits per heavy atom. The molecule has 1 aromatic heterocycles. The van der Waals surface area contributed by atoms with Gasteiger partial charge in [0.25, 0.3) is 0 Å². The average Bonchev–Trinajstić information content (AvgIpc) is 3.23. The maximum atomic E-state index is 13.2. The van der Waals surface area contributed by atoms with E-state index in [1.165, 1.54) is 4.90 Å².